The minimum absolute atomic E-state index is 0.0366. The fourth-order valence-corrected chi connectivity index (χ4v) is 4.05. The van der Waals surface area contributed by atoms with E-state index in [-0.39, 0.29) is 24.4 Å². The number of Topliss-reactive ketones (excluding diaryl/α,β-unsaturated/α-hetero) is 1. The van der Waals surface area contributed by atoms with Crippen LogP contribution >= 0.6 is 0 Å². The topological polar surface area (TPSA) is 105 Å². The number of aliphatic hydroxyl groups is 1. The summed E-state index contributed by atoms with van der Waals surface area (Å²) in [7, 11) is 1.54. The van der Waals surface area contributed by atoms with Crippen LogP contribution in [0.2, 0.25) is 0 Å². The molecule has 8 heteroatoms. The number of carbonyl (C=O) groups is 3. The third-order valence-corrected chi connectivity index (χ3v) is 5.85. The van der Waals surface area contributed by atoms with Gasteiger partial charge in [-0.2, -0.15) is 0 Å². The second-order valence-corrected chi connectivity index (χ2v) is 9.60. The van der Waals surface area contributed by atoms with Gasteiger partial charge < -0.3 is 24.8 Å². The second kappa shape index (κ2) is 11.3. The lowest BCUT2D eigenvalue weighted by Gasteiger charge is -2.26. The van der Waals surface area contributed by atoms with Gasteiger partial charge in [0.25, 0.3) is 11.7 Å². The summed E-state index contributed by atoms with van der Waals surface area (Å²) in [5, 5.41) is 13.8. The van der Waals surface area contributed by atoms with Gasteiger partial charge in [-0.3, -0.25) is 9.59 Å². The first kappa shape index (κ1) is 26.8. The highest BCUT2D eigenvalue weighted by Gasteiger charge is 2.45. The molecule has 0 spiro atoms. The minimum atomic E-state index is -0.750. The van der Waals surface area contributed by atoms with Crippen LogP contribution in [-0.4, -0.2) is 53.6 Å². The molecule has 0 bridgehead atoms. The monoisotopic (exact) mass is 494 g/mol. The van der Waals surface area contributed by atoms with Crippen LogP contribution in [0.5, 0.6) is 5.75 Å². The van der Waals surface area contributed by atoms with Crippen LogP contribution in [0.4, 0.5) is 4.79 Å². The first-order chi connectivity index (χ1) is 17.1. The molecule has 1 aliphatic rings. The normalized spacial score (nSPS) is 17.2. The average molecular weight is 495 g/mol. The van der Waals surface area contributed by atoms with Crippen molar-refractivity contribution in [3.8, 4) is 5.75 Å². The molecule has 1 saturated heterocycles. The van der Waals surface area contributed by atoms with Crippen molar-refractivity contribution < 1.29 is 29.0 Å². The molecule has 0 aromatic heterocycles. The molecule has 36 heavy (non-hydrogen) atoms. The number of amides is 2. The Morgan fingerprint density at radius 1 is 1.06 bits per heavy atom. The molecule has 8 nitrogen and oxygen atoms in total. The van der Waals surface area contributed by atoms with E-state index in [0.29, 0.717) is 17.7 Å². The molecule has 2 N–H and O–H groups in total. The van der Waals surface area contributed by atoms with E-state index in [1.165, 1.54) is 12.0 Å². The Bertz CT molecular complexity index is 1130. The van der Waals surface area contributed by atoms with Gasteiger partial charge in [0.05, 0.1) is 18.7 Å². The highest BCUT2D eigenvalue weighted by Crippen LogP contribution is 2.39. The number of methoxy groups -OCH3 is 1. The first-order valence-corrected chi connectivity index (χ1v) is 12.0. The Morgan fingerprint density at radius 3 is 2.25 bits per heavy atom. The zero-order valence-electron chi connectivity index (χ0n) is 21.5. The molecule has 1 atom stereocenters. The summed E-state index contributed by atoms with van der Waals surface area (Å²) < 4.78 is 10.4. The summed E-state index contributed by atoms with van der Waals surface area (Å²) in [4.78, 5) is 39.6. The van der Waals surface area contributed by atoms with Gasteiger partial charge in [-0.05, 0) is 69.0 Å². The maximum Gasteiger partial charge on any atom is 0.407 e. The summed E-state index contributed by atoms with van der Waals surface area (Å²) in [5.41, 5.74) is 1.68. The number of alkyl carbamates (subject to hydrolysis) is 1. The quantitative estimate of drug-likeness (QED) is 0.241. The number of ether oxygens (including phenoxy) is 2. The summed E-state index contributed by atoms with van der Waals surface area (Å²) in [6.45, 7) is 7.84. The summed E-state index contributed by atoms with van der Waals surface area (Å²) in [6.07, 6.45) is 0.705. The third-order valence-electron chi connectivity index (χ3n) is 5.85. The highest BCUT2D eigenvalue weighted by molar-refractivity contribution is 6.46. The Morgan fingerprint density at radius 2 is 1.69 bits per heavy atom. The summed E-state index contributed by atoms with van der Waals surface area (Å²) in [6, 6.07) is 13.6. The maximum atomic E-state index is 13.1. The van der Waals surface area contributed by atoms with Crippen LogP contribution in [0, 0.1) is 0 Å². The van der Waals surface area contributed by atoms with Crippen molar-refractivity contribution in [2.45, 2.75) is 52.2 Å². The molecule has 2 amide bonds. The Balaban J connectivity index is 1.90. The van der Waals surface area contributed by atoms with Crippen LogP contribution < -0.4 is 10.1 Å². The Hall–Kier alpha value is -3.81. The van der Waals surface area contributed by atoms with E-state index >= 15 is 0 Å². The smallest absolute Gasteiger partial charge is 0.407 e. The van der Waals surface area contributed by atoms with Crippen LogP contribution in [0.1, 0.15) is 56.8 Å². The lowest BCUT2D eigenvalue weighted by atomic mass is 9.94. The molecule has 0 radical (unpaired) electrons. The zero-order valence-corrected chi connectivity index (χ0v) is 21.5. The van der Waals surface area contributed by atoms with Crippen molar-refractivity contribution in [2.75, 3.05) is 20.2 Å². The fourth-order valence-electron chi connectivity index (χ4n) is 4.05. The number of aryl methyl sites for hydroxylation is 1. The van der Waals surface area contributed by atoms with Gasteiger partial charge in [0.1, 0.15) is 17.1 Å². The standard InChI is InChI=1S/C28H34N2O6/c1-6-18-8-10-19(11-9-18)23-22(24(31)20-12-14-21(35-5)15-13-20)25(32)26(33)30(23)17-7-16-29-27(34)36-28(2,3)4/h8-15,23,31H,6-7,16-17H2,1-5H3,(H,29,34). The first-order valence-electron chi connectivity index (χ1n) is 12.0. The largest absolute Gasteiger partial charge is 0.507 e. The third kappa shape index (κ3) is 6.24. The van der Waals surface area contributed by atoms with Gasteiger partial charge >= 0.3 is 6.09 Å². The van der Waals surface area contributed by atoms with Gasteiger partial charge in [0.2, 0.25) is 0 Å². The molecule has 192 valence electrons. The number of likely N-dealkylation sites (tertiary alicyclic amines) is 1. The number of hydrogen-bond acceptors (Lipinski definition) is 6. The predicted octanol–water partition coefficient (Wildman–Crippen LogP) is 4.59. The molecule has 1 aliphatic heterocycles. The highest BCUT2D eigenvalue weighted by atomic mass is 16.6. The van der Waals surface area contributed by atoms with E-state index in [1.807, 2.05) is 31.2 Å². The molecular weight excluding hydrogens is 460 g/mol. The number of rotatable bonds is 8. The van der Waals surface area contributed by atoms with Gasteiger partial charge in [-0.15, -0.1) is 0 Å². The van der Waals surface area contributed by atoms with E-state index in [2.05, 4.69) is 5.32 Å². The molecule has 1 heterocycles. The van der Waals surface area contributed by atoms with Crippen molar-refractivity contribution >= 4 is 23.5 Å². The predicted molar refractivity (Wildman–Crippen MR) is 137 cm³/mol. The molecule has 1 unspecified atom stereocenters. The summed E-state index contributed by atoms with van der Waals surface area (Å²) >= 11 is 0. The van der Waals surface area contributed by atoms with E-state index in [1.54, 1.807) is 45.0 Å². The van der Waals surface area contributed by atoms with Gasteiger partial charge in [0.15, 0.2) is 0 Å². The average Bonchev–Trinajstić information content (AvgIpc) is 3.10. The number of benzene rings is 2. The van der Waals surface area contributed by atoms with E-state index in [4.69, 9.17) is 9.47 Å². The zero-order chi connectivity index (χ0) is 26.5. The van der Waals surface area contributed by atoms with Crippen LogP contribution in [0.25, 0.3) is 5.76 Å². The number of nitrogens with zero attached hydrogens (tertiary/aromatic N) is 1. The van der Waals surface area contributed by atoms with Crippen molar-refractivity contribution in [1.82, 2.24) is 10.2 Å². The number of ketones is 1. The number of nitrogens with one attached hydrogen (secondary N) is 1. The van der Waals surface area contributed by atoms with Crippen molar-refractivity contribution in [3.63, 3.8) is 0 Å². The summed E-state index contributed by atoms with van der Waals surface area (Å²) in [5.74, 6) is -1.06. The maximum absolute atomic E-state index is 13.1. The van der Waals surface area contributed by atoms with Gasteiger partial charge in [-0.25, -0.2) is 4.79 Å². The number of aliphatic hydroxyl groups excluding tert-OH is 1. The molecule has 0 saturated carbocycles. The van der Waals surface area contributed by atoms with Crippen LogP contribution in [-0.2, 0) is 20.7 Å². The molecule has 2 aromatic rings. The second-order valence-electron chi connectivity index (χ2n) is 9.60. The van der Waals surface area contributed by atoms with Crippen LogP contribution in [0.15, 0.2) is 54.1 Å². The number of carbonyl (C=O) groups excluding carboxylic acids is 3. The van der Waals surface area contributed by atoms with Crippen molar-refractivity contribution in [1.29, 1.82) is 0 Å². The van der Waals surface area contributed by atoms with E-state index in [0.717, 1.165) is 17.5 Å². The van der Waals surface area contributed by atoms with Crippen molar-refractivity contribution in [3.05, 3.63) is 70.8 Å². The SMILES string of the molecule is CCc1ccc(C2C(=C(O)c3ccc(OC)cc3)C(=O)C(=O)N2CCCNC(=O)OC(C)(C)C)cc1. The van der Waals surface area contributed by atoms with Gasteiger partial charge in [0, 0.05) is 18.7 Å². The van der Waals surface area contributed by atoms with Crippen molar-refractivity contribution in [2.24, 2.45) is 0 Å². The molecule has 2 aromatic carbocycles. The fraction of sp³-hybridized carbons (Fsp3) is 0.393. The van der Waals surface area contributed by atoms with Gasteiger partial charge in [-0.1, -0.05) is 31.2 Å². The Kier molecular flexibility index (Phi) is 8.40. The van der Waals surface area contributed by atoms with Crippen LogP contribution in [0.3, 0.4) is 0 Å². The lowest BCUT2D eigenvalue weighted by Crippen LogP contribution is -2.35. The number of hydrogen-bond donors (Lipinski definition) is 2. The molecular formula is C28H34N2O6. The van der Waals surface area contributed by atoms with E-state index < -0.39 is 29.4 Å². The van der Waals surface area contributed by atoms with E-state index in [9.17, 15) is 19.5 Å². The molecule has 3 rings (SSSR count). The molecule has 1 fully saturated rings. The molecule has 0 aliphatic carbocycles. The lowest BCUT2D eigenvalue weighted by molar-refractivity contribution is -0.139. The minimum Gasteiger partial charge on any atom is -0.507 e. The Labute approximate surface area is 211 Å².